The van der Waals surface area contributed by atoms with Gasteiger partial charge in [0.1, 0.15) is 5.75 Å². The summed E-state index contributed by atoms with van der Waals surface area (Å²) in [6.07, 6.45) is -0.0243. The van der Waals surface area contributed by atoms with Gasteiger partial charge in [-0.05, 0) is 38.0 Å². The fourth-order valence-corrected chi connectivity index (χ4v) is 2.67. The zero-order chi connectivity index (χ0) is 19.2. The first-order chi connectivity index (χ1) is 13.1. The average molecular weight is 365 g/mol. The molecule has 0 bridgehead atoms. The van der Waals surface area contributed by atoms with Crippen molar-refractivity contribution < 1.29 is 14.1 Å². The van der Waals surface area contributed by atoms with E-state index in [2.05, 4.69) is 15.5 Å². The number of nitrogens with zero attached hydrogens (tertiary/aromatic N) is 2. The topological polar surface area (TPSA) is 77.2 Å². The van der Waals surface area contributed by atoms with Gasteiger partial charge in [-0.15, -0.1) is 0 Å². The number of para-hydroxylation sites is 1. The van der Waals surface area contributed by atoms with Gasteiger partial charge < -0.3 is 14.6 Å². The highest BCUT2D eigenvalue weighted by atomic mass is 16.5. The zero-order valence-corrected chi connectivity index (χ0v) is 15.7. The SMILES string of the molecule is CC[C@@H](Oc1ccccc1C)C(=O)NCc1nc(-c2cccc(C)c2)no1. The van der Waals surface area contributed by atoms with Crippen LogP contribution in [0.15, 0.2) is 53.1 Å². The largest absolute Gasteiger partial charge is 0.480 e. The number of aromatic nitrogens is 2. The molecule has 140 valence electrons. The molecule has 0 saturated heterocycles. The molecule has 0 saturated carbocycles. The van der Waals surface area contributed by atoms with E-state index in [-0.39, 0.29) is 12.5 Å². The lowest BCUT2D eigenvalue weighted by molar-refractivity contribution is -0.128. The number of hydrogen-bond donors (Lipinski definition) is 1. The summed E-state index contributed by atoms with van der Waals surface area (Å²) in [6, 6.07) is 15.5. The Morgan fingerprint density at radius 1 is 1.19 bits per heavy atom. The van der Waals surface area contributed by atoms with Gasteiger partial charge in [-0.25, -0.2) is 0 Å². The Bertz CT molecular complexity index is 920. The van der Waals surface area contributed by atoms with Crippen LogP contribution in [0.3, 0.4) is 0 Å². The number of ether oxygens (including phenoxy) is 1. The molecule has 3 aromatic rings. The molecule has 0 spiro atoms. The predicted octanol–water partition coefficient (Wildman–Crippen LogP) is 3.83. The lowest BCUT2D eigenvalue weighted by Crippen LogP contribution is -2.37. The van der Waals surface area contributed by atoms with E-state index >= 15 is 0 Å². The second-order valence-corrected chi connectivity index (χ2v) is 6.38. The second kappa shape index (κ2) is 8.49. The molecule has 1 amide bonds. The molecule has 0 aliphatic carbocycles. The van der Waals surface area contributed by atoms with Crippen molar-refractivity contribution in [1.82, 2.24) is 15.5 Å². The van der Waals surface area contributed by atoms with Crippen LogP contribution in [0, 0.1) is 13.8 Å². The molecular weight excluding hydrogens is 342 g/mol. The first kappa shape index (κ1) is 18.6. The third-order valence-electron chi connectivity index (χ3n) is 4.18. The summed E-state index contributed by atoms with van der Waals surface area (Å²) in [5.41, 5.74) is 2.99. The summed E-state index contributed by atoms with van der Waals surface area (Å²) in [7, 11) is 0. The summed E-state index contributed by atoms with van der Waals surface area (Å²) < 4.78 is 11.1. The number of rotatable bonds is 7. The Morgan fingerprint density at radius 3 is 2.74 bits per heavy atom. The van der Waals surface area contributed by atoms with Crippen LogP contribution in [0.2, 0.25) is 0 Å². The number of nitrogens with one attached hydrogen (secondary N) is 1. The van der Waals surface area contributed by atoms with Crippen LogP contribution >= 0.6 is 0 Å². The fraction of sp³-hybridized carbons (Fsp3) is 0.286. The second-order valence-electron chi connectivity index (χ2n) is 6.38. The number of carbonyl (C=O) groups is 1. The highest BCUT2D eigenvalue weighted by Crippen LogP contribution is 2.19. The summed E-state index contributed by atoms with van der Waals surface area (Å²) in [5, 5.41) is 6.79. The van der Waals surface area contributed by atoms with Crippen LogP contribution in [-0.4, -0.2) is 22.2 Å². The van der Waals surface area contributed by atoms with E-state index in [1.807, 2.05) is 69.3 Å². The molecule has 6 nitrogen and oxygen atoms in total. The minimum atomic E-state index is -0.578. The molecule has 0 aliphatic heterocycles. The summed E-state index contributed by atoms with van der Waals surface area (Å²) in [6.45, 7) is 6.02. The van der Waals surface area contributed by atoms with E-state index < -0.39 is 6.10 Å². The van der Waals surface area contributed by atoms with E-state index in [1.54, 1.807) is 0 Å². The van der Waals surface area contributed by atoms with Crippen molar-refractivity contribution in [2.45, 2.75) is 39.8 Å². The summed E-state index contributed by atoms with van der Waals surface area (Å²) in [4.78, 5) is 16.8. The van der Waals surface area contributed by atoms with Crippen molar-refractivity contribution in [2.75, 3.05) is 0 Å². The summed E-state index contributed by atoms with van der Waals surface area (Å²) in [5.74, 6) is 1.35. The highest BCUT2D eigenvalue weighted by Gasteiger charge is 2.20. The lowest BCUT2D eigenvalue weighted by atomic mass is 10.1. The van der Waals surface area contributed by atoms with Gasteiger partial charge in [-0.3, -0.25) is 4.79 Å². The van der Waals surface area contributed by atoms with Crippen LogP contribution in [0.4, 0.5) is 0 Å². The standard InChI is InChI=1S/C21H23N3O3/c1-4-17(26-18-11-6-5-9-15(18)3)21(25)22-13-19-23-20(24-27-19)16-10-7-8-14(2)12-16/h5-12,17H,4,13H2,1-3H3,(H,22,25)/t17-/m1/s1. The van der Waals surface area contributed by atoms with Crippen molar-refractivity contribution in [2.24, 2.45) is 0 Å². The van der Waals surface area contributed by atoms with Crippen LogP contribution < -0.4 is 10.1 Å². The van der Waals surface area contributed by atoms with Gasteiger partial charge in [-0.2, -0.15) is 4.98 Å². The highest BCUT2D eigenvalue weighted by molar-refractivity contribution is 5.81. The molecular formula is C21H23N3O3. The van der Waals surface area contributed by atoms with E-state index in [1.165, 1.54) is 0 Å². The summed E-state index contributed by atoms with van der Waals surface area (Å²) >= 11 is 0. The zero-order valence-electron chi connectivity index (χ0n) is 15.7. The van der Waals surface area contributed by atoms with Gasteiger partial charge in [0, 0.05) is 5.56 Å². The first-order valence-electron chi connectivity index (χ1n) is 8.96. The van der Waals surface area contributed by atoms with E-state index in [0.717, 1.165) is 16.7 Å². The van der Waals surface area contributed by atoms with Crippen molar-refractivity contribution in [3.05, 3.63) is 65.5 Å². The number of amides is 1. The smallest absolute Gasteiger partial charge is 0.261 e. The van der Waals surface area contributed by atoms with Gasteiger partial charge in [0.25, 0.3) is 5.91 Å². The number of hydrogen-bond acceptors (Lipinski definition) is 5. The minimum absolute atomic E-state index is 0.158. The Labute approximate surface area is 158 Å². The van der Waals surface area contributed by atoms with Crippen LogP contribution in [-0.2, 0) is 11.3 Å². The number of carbonyl (C=O) groups excluding carboxylic acids is 1. The lowest BCUT2D eigenvalue weighted by Gasteiger charge is -2.18. The van der Waals surface area contributed by atoms with E-state index in [9.17, 15) is 4.79 Å². The Morgan fingerprint density at radius 2 is 2.00 bits per heavy atom. The Balaban J connectivity index is 1.60. The number of aryl methyl sites for hydroxylation is 2. The molecule has 3 rings (SSSR count). The fourth-order valence-electron chi connectivity index (χ4n) is 2.67. The third-order valence-corrected chi connectivity index (χ3v) is 4.18. The molecule has 1 atom stereocenters. The Kier molecular flexibility index (Phi) is 5.86. The van der Waals surface area contributed by atoms with E-state index in [0.29, 0.717) is 23.9 Å². The van der Waals surface area contributed by atoms with Gasteiger partial charge in [0.15, 0.2) is 6.10 Å². The molecule has 27 heavy (non-hydrogen) atoms. The van der Waals surface area contributed by atoms with Crippen molar-refractivity contribution >= 4 is 5.91 Å². The van der Waals surface area contributed by atoms with Gasteiger partial charge in [0.05, 0.1) is 6.54 Å². The molecule has 2 aromatic carbocycles. The van der Waals surface area contributed by atoms with Crippen molar-refractivity contribution in [3.8, 4) is 17.1 Å². The maximum absolute atomic E-state index is 12.5. The minimum Gasteiger partial charge on any atom is -0.480 e. The number of benzene rings is 2. The molecule has 1 N–H and O–H groups in total. The van der Waals surface area contributed by atoms with Crippen LogP contribution in [0.25, 0.3) is 11.4 Å². The van der Waals surface area contributed by atoms with E-state index in [4.69, 9.17) is 9.26 Å². The molecule has 0 unspecified atom stereocenters. The van der Waals surface area contributed by atoms with Gasteiger partial charge >= 0.3 is 0 Å². The molecule has 0 radical (unpaired) electrons. The normalized spacial score (nSPS) is 11.8. The monoisotopic (exact) mass is 365 g/mol. The molecule has 6 heteroatoms. The van der Waals surface area contributed by atoms with Crippen molar-refractivity contribution in [3.63, 3.8) is 0 Å². The molecule has 1 heterocycles. The first-order valence-corrected chi connectivity index (χ1v) is 8.96. The van der Waals surface area contributed by atoms with Gasteiger partial charge in [0.2, 0.25) is 11.7 Å². The quantitative estimate of drug-likeness (QED) is 0.688. The Hall–Kier alpha value is -3.15. The van der Waals surface area contributed by atoms with Crippen LogP contribution in [0.1, 0.15) is 30.4 Å². The van der Waals surface area contributed by atoms with Crippen molar-refractivity contribution in [1.29, 1.82) is 0 Å². The third kappa shape index (κ3) is 4.73. The predicted molar refractivity (Wildman–Crippen MR) is 102 cm³/mol. The molecule has 0 aliphatic rings. The maximum atomic E-state index is 12.5. The van der Waals surface area contributed by atoms with Crippen LogP contribution in [0.5, 0.6) is 5.75 Å². The maximum Gasteiger partial charge on any atom is 0.261 e. The molecule has 1 aromatic heterocycles. The average Bonchev–Trinajstić information content (AvgIpc) is 3.14. The van der Waals surface area contributed by atoms with Gasteiger partial charge in [-0.1, -0.05) is 54.0 Å². The molecule has 0 fully saturated rings.